The average Bonchev–Trinajstić information content (AvgIpc) is 3.36. The van der Waals surface area contributed by atoms with Crippen molar-refractivity contribution < 1.29 is 18.7 Å². The Balaban J connectivity index is 1.33. The quantitative estimate of drug-likeness (QED) is 0.676. The lowest BCUT2D eigenvalue weighted by Gasteiger charge is -2.17. The number of rotatable bonds is 5. The lowest BCUT2D eigenvalue weighted by Crippen LogP contribution is -2.21. The number of furan rings is 1. The number of benzene rings is 2. The minimum absolute atomic E-state index is 0.129. The van der Waals surface area contributed by atoms with Crippen molar-refractivity contribution in [3.63, 3.8) is 0 Å². The third-order valence-corrected chi connectivity index (χ3v) is 4.99. The van der Waals surface area contributed by atoms with Gasteiger partial charge in [0.25, 0.3) is 5.91 Å². The van der Waals surface area contributed by atoms with Gasteiger partial charge in [0.05, 0.1) is 0 Å². The zero-order chi connectivity index (χ0) is 19.5. The Kier molecular flexibility index (Phi) is 5.02. The Morgan fingerprint density at radius 2 is 1.79 bits per heavy atom. The minimum Gasteiger partial charge on any atom is -0.450 e. The molecule has 28 heavy (non-hydrogen) atoms. The van der Waals surface area contributed by atoms with E-state index in [9.17, 15) is 9.59 Å². The van der Waals surface area contributed by atoms with Gasteiger partial charge in [-0.3, -0.25) is 4.79 Å². The van der Waals surface area contributed by atoms with Crippen LogP contribution in [0, 0.1) is 6.92 Å². The van der Waals surface area contributed by atoms with Crippen molar-refractivity contribution >= 4 is 34.2 Å². The van der Waals surface area contributed by atoms with E-state index < -0.39 is 11.9 Å². The van der Waals surface area contributed by atoms with Gasteiger partial charge in [-0.25, -0.2) is 4.79 Å². The predicted molar refractivity (Wildman–Crippen MR) is 108 cm³/mol. The van der Waals surface area contributed by atoms with Gasteiger partial charge in [0.2, 0.25) is 5.76 Å². The first-order valence-electron chi connectivity index (χ1n) is 9.42. The summed E-state index contributed by atoms with van der Waals surface area (Å²) < 4.78 is 10.7. The molecular formula is C22H22N2O4. The normalized spacial score (nSPS) is 13.7. The van der Waals surface area contributed by atoms with E-state index in [1.54, 1.807) is 13.0 Å². The third kappa shape index (κ3) is 3.71. The van der Waals surface area contributed by atoms with Crippen LogP contribution in [0.5, 0.6) is 0 Å². The Morgan fingerprint density at radius 1 is 1.07 bits per heavy atom. The molecule has 1 fully saturated rings. The van der Waals surface area contributed by atoms with Crippen LogP contribution in [0.4, 0.5) is 11.4 Å². The number of fused-ring (bicyclic) bond motifs is 1. The number of nitrogens with one attached hydrogen (secondary N) is 1. The molecule has 1 aliphatic rings. The van der Waals surface area contributed by atoms with Crippen LogP contribution in [0.15, 0.2) is 52.9 Å². The lowest BCUT2D eigenvalue weighted by molar-refractivity contribution is -0.119. The molecule has 2 aromatic carbocycles. The first-order valence-corrected chi connectivity index (χ1v) is 9.42. The molecule has 0 radical (unpaired) electrons. The van der Waals surface area contributed by atoms with E-state index in [0.29, 0.717) is 16.8 Å². The summed E-state index contributed by atoms with van der Waals surface area (Å²) in [6.45, 7) is 3.57. The summed E-state index contributed by atoms with van der Waals surface area (Å²) in [5, 5.41) is 3.60. The van der Waals surface area contributed by atoms with Crippen LogP contribution in [0.1, 0.15) is 29.0 Å². The molecule has 0 bridgehead atoms. The van der Waals surface area contributed by atoms with Gasteiger partial charge in [0, 0.05) is 35.4 Å². The van der Waals surface area contributed by atoms with E-state index >= 15 is 0 Å². The van der Waals surface area contributed by atoms with Gasteiger partial charge >= 0.3 is 5.97 Å². The smallest absolute Gasteiger partial charge is 0.375 e. The maximum atomic E-state index is 12.3. The van der Waals surface area contributed by atoms with Crippen LogP contribution < -0.4 is 10.2 Å². The number of para-hydroxylation sites is 1. The highest BCUT2D eigenvalue weighted by molar-refractivity contribution is 5.98. The topological polar surface area (TPSA) is 71.8 Å². The van der Waals surface area contributed by atoms with E-state index in [1.807, 2.05) is 42.5 Å². The molecule has 1 N–H and O–H groups in total. The average molecular weight is 378 g/mol. The van der Waals surface area contributed by atoms with Crippen molar-refractivity contribution in [3.05, 3.63) is 59.9 Å². The zero-order valence-electron chi connectivity index (χ0n) is 15.7. The Hall–Kier alpha value is -3.28. The van der Waals surface area contributed by atoms with Crippen LogP contribution in [0.25, 0.3) is 11.0 Å². The maximum Gasteiger partial charge on any atom is 0.375 e. The molecule has 0 unspecified atom stereocenters. The molecule has 6 nitrogen and oxygen atoms in total. The largest absolute Gasteiger partial charge is 0.450 e. The van der Waals surface area contributed by atoms with E-state index in [-0.39, 0.29) is 12.4 Å². The van der Waals surface area contributed by atoms with Gasteiger partial charge in [-0.15, -0.1) is 0 Å². The SMILES string of the molecule is Cc1c(C(=O)OCC(=O)Nc2ccc(N3CCCC3)cc2)oc2ccccc12. The van der Waals surface area contributed by atoms with Crippen molar-refractivity contribution in [2.45, 2.75) is 19.8 Å². The van der Waals surface area contributed by atoms with E-state index in [2.05, 4.69) is 10.2 Å². The number of hydrogen-bond donors (Lipinski definition) is 1. The standard InChI is InChI=1S/C22H22N2O4/c1-15-18-6-2-3-7-19(18)28-21(15)22(26)27-14-20(25)23-16-8-10-17(11-9-16)24-12-4-5-13-24/h2-3,6-11H,4-5,12-14H2,1H3,(H,23,25). The molecule has 6 heteroatoms. The summed E-state index contributed by atoms with van der Waals surface area (Å²) in [5.74, 6) is -0.909. The molecule has 0 atom stereocenters. The minimum atomic E-state index is -0.645. The van der Waals surface area contributed by atoms with E-state index in [4.69, 9.17) is 9.15 Å². The number of nitrogens with zero attached hydrogens (tertiary/aromatic N) is 1. The highest BCUT2D eigenvalue weighted by Gasteiger charge is 2.20. The highest BCUT2D eigenvalue weighted by atomic mass is 16.5. The van der Waals surface area contributed by atoms with Crippen LogP contribution in [0.3, 0.4) is 0 Å². The summed E-state index contributed by atoms with van der Waals surface area (Å²) in [5.41, 5.74) is 3.15. The van der Waals surface area contributed by atoms with Crippen molar-refractivity contribution in [2.75, 3.05) is 29.9 Å². The van der Waals surface area contributed by atoms with Gasteiger partial charge < -0.3 is 19.4 Å². The number of aryl methyl sites for hydroxylation is 1. The summed E-state index contributed by atoms with van der Waals surface area (Å²) in [6, 6.07) is 15.1. The number of carbonyl (C=O) groups is 2. The zero-order valence-corrected chi connectivity index (χ0v) is 15.7. The number of ether oxygens (including phenoxy) is 1. The number of hydrogen-bond acceptors (Lipinski definition) is 5. The second kappa shape index (κ2) is 7.76. The molecule has 1 aromatic heterocycles. The highest BCUT2D eigenvalue weighted by Crippen LogP contribution is 2.25. The molecule has 1 amide bonds. The number of anilines is 2. The van der Waals surface area contributed by atoms with E-state index in [1.165, 1.54) is 12.8 Å². The fourth-order valence-electron chi connectivity index (χ4n) is 3.49. The van der Waals surface area contributed by atoms with Crippen molar-refractivity contribution in [1.29, 1.82) is 0 Å². The molecule has 4 rings (SSSR count). The summed E-state index contributed by atoms with van der Waals surface area (Å²) >= 11 is 0. The van der Waals surface area contributed by atoms with Gasteiger partial charge in [0.15, 0.2) is 6.61 Å². The number of amides is 1. The number of carbonyl (C=O) groups excluding carboxylic acids is 2. The fourth-order valence-corrected chi connectivity index (χ4v) is 3.49. The first-order chi connectivity index (χ1) is 13.6. The van der Waals surface area contributed by atoms with Gasteiger partial charge in [-0.05, 0) is 50.1 Å². The Morgan fingerprint density at radius 3 is 2.50 bits per heavy atom. The third-order valence-electron chi connectivity index (χ3n) is 4.99. The molecule has 1 saturated heterocycles. The maximum absolute atomic E-state index is 12.3. The van der Waals surface area contributed by atoms with Crippen LogP contribution >= 0.6 is 0 Å². The Bertz CT molecular complexity index is 1000. The summed E-state index contributed by atoms with van der Waals surface area (Å²) in [7, 11) is 0. The molecule has 3 aromatic rings. The fraction of sp³-hybridized carbons (Fsp3) is 0.273. The van der Waals surface area contributed by atoms with Crippen molar-refractivity contribution in [2.24, 2.45) is 0 Å². The molecule has 2 heterocycles. The van der Waals surface area contributed by atoms with Gasteiger partial charge in [0.1, 0.15) is 5.58 Å². The van der Waals surface area contributed by atoms with Gasteiger partial charge in [-0.1, -0.05) is 18.2 Å². The van der Waals surface area contributed by atoms with Gasteiger partial charge in [-0.2, -0.15) is 0 Å². The lowest BCUT2D eigenvalue weighted by atomic mass is 10.1. The van der Waals surface area contributed by atoms with Crippen molar-refractivity contribution in [3.8, 4) is 0 Å². The summed E-state index contributed by atoms with van der Waals surface area (Å²) in [6.07, 6.45) is 2.43. The molecule has 144 valence electrons. The first kappa shape index (κ1) is 18.1. The number of esters is 1. The monoisotopic (exact) mass is 378 g/mol. The molecule has 0 aliphatic carbocycles. The molecule has 0 spiro atoms. The summed E-state index contributed by atoms with van der Waals surface area (Å²) in [4.78, 5) is 26.7. The van der Waals surface area contributed by atoms with Crippen LogP contribution in [-0.2, 0) is 9.53 Å². The molecular weight excluding hydrogens is 356 g/mol. The molecule has 1 aliphatic heterocycles. The second-order valence-electron chi connectivity index (χ2n) is 6.92. The predicted octanol–water partition coefficient (Wildman–Crippen LogP) is 4.14. The second-order valence-corrected chi connectivity index (χ2v) is 6.92. The van der Waals surface area contributed by atoms with Crippen LogP contribution in [-0.4, -0.2) is 31.6 Å². The van der Waals surface area contributed by atoms with Crippen LogP contribution in [0.2, 0.25) is 0 Å². The van der Waals surface area contributed by atoms with E-state index in [0.717, 1.165) is 24.2 Å². The van der Waals surface area contributed by atoms with Crippen molar-refractivity contribution in [1.82, 2.24) is 0 Å². The Labute approximate surface area is 163 Å². The molecule has 0 saturated carbocycles.